The third kappa shape index (κ3) is 6.68. The highest BCUT2D eigenvalue weighted by Gasteiger charge is 2.19. The quantitative estimate of drug-likeness (QED) is 0.442. The van der Waals surface area contributed by atoms with Gasteiger partial charge in [-0.05, 0) is 51.1 Å². The first-order valence-electron chi connectivity index (χ1n) is 9.41. The van der Waals surface area contributed by atoms with Crippen molar-refractivity contribution in [3.63, 3.8) is 0 Å². The molecule has 2 fully saturated rings. The molecule has 5 heteroatoms. The number of nitrogens with one attached hydrogen (secondary N) is 1. The Morgan fingerprint density at radius 2 is 2.22 bits per heavy atom. The van der Waals surface area contributed by atoms with Crippen molar-refractivity contribution >= 4 is 5.96 Å². The Bertz CT molecular complexity index is 355. The maximum absolute atomic E-state index is 5.46. The molecule has 0 amide bonds. The van der Waals surface area contributed by atoms with Gasteiger partial charge in [-0.15, -0.1) is 0 Å². The number of nitrogens with zero attached hydrogens (tertiary/aromatic N) is 3. The molecule has 23 heavy (non-hydrogen) atoms. The van der Waals surface area contributed by atoms with Crippen LogP contribution in [0, 0.1) is 11.8 Å². The standard InChI is InChI=1S/C18H36N4O/c1-16-7-6-11-22(13-16)10-5-4-9-20-18(19-2)21(3)14-17-8-12-23-15-17/h16-17H,4-15H2,1-3H3,(H,19,20). The van der Waals surface area contributed by atoms with Gasteiger partial charge < -0.3 is 19.9 Å². The Morgan fingerprint density at radius 1 is 1.35 bits per heavy atom. The number of unbranched alkanes of at least 4 members (excludes halogenated alkanes) is 1. The minimum atomic E-state index is 0.652. The summed E-state index contributed by atoms with van der Waals surface area (Å²) in [5.74, 6) is 2.55. The Morgan fingerprint density at radius 3 is 2.91 bits per heavy atom. The SMILES string of the molecule is CN=C(NCCCCN1CCCC(C)C1)N(C)CC1CCOC1. The lowest BCUT2D eigenvalue weighted by molar-refractivity contribution is 0.180. The van der Waals surface area contributed by atoms with Gasteiger partial charge in [0.1, 0.15) is 0 Å². The Labute approximate surface area is 142 Å². The van der Waals surface area contributed by atoms with Crippen molar-refractivity contribution in [2.24, 2.45) is 16.8 Å². The summed E-state index contributed by atoms with van der Waals surface area (Å²) in [6.45, 7) is 10.1. The molecule has 0 radical (unpaired) electrons. The van der Waals surface area contributed by atoms with Gasteiger partial charge in [0.05, 0.1) is 6.61 Å². The van der Waals surface area contributed by atoms with E-state index in [2.05, 4.69) is 34.1 Å². The zero-order valence-electron chi connectivity index (χ0n) is 15.4. The van der Waals surface area contributed by atoms with Crippen molar-refractivity contribution in [2.75, 3.05) is 60.0 Å². The minimum Gasteiger partial charge on any atom is -0.381 e. The van der Waals surface area contributed by atoms with Crippen LogP contribution in [0.25, 0.3) is 0 Å². The van der Waals surface area contributed by atoms with Crippen LogP contribution < -0.4 is 5.32 Å². The van der Waals surface area contributed by atoms with E-state index in [9.17, 15) is 0 Å². The van der Waals surface area contributed by atoms with E-state index in [0.717, 1.165) is 38.2 Å². The summed E-state index contributed by atoms with van der Waals surface area (Å²) in [5.41, 5.74) is 0. The molecule has 2 saturated heterocycles. The highest BCUT2D eigenvalue weighted by molar-refractivity contribution is 5.79. The van der Waals surface area contributed by atoms with Gasteiger partial charge in [-0.2, -0.15) is 0 Å². The predicted octanol–water partition coefficient (Wildman–Crippen LogP) is 2.04. The van der Waals surface area contributed by atoms with Crippen molar-refractivity contribution in [1.29, 1.82) is 0 Å². The molecule has 2 aliphatic heterocycles. The fourth-order valence-electron chi connectivity index (χ4n) is 3.74. The topological polar surface area (TPSA) is 40.1 Å². The maximum atomic E-state index is 5.46. The summed E-state index contributed by atoms with van der Waals surface area (Å²) in [6, 6.07) is 0. The first kappa shape index (κ1) is 18.5. The van der Waals surface area contributed by atoms with E-state index in [0.29, 0.717) is 5.92 Å². The molecule has 0 aromatic rings. The fourth-order valence-corrected chi connectivity index (χ4v) is 3.74. The summed E-state index contributed by atoms with van der Waals surface area (Å²) < 4.78 is 5.46. The van der Waals surface area contributed by atoms with Crippen molar-refractivity contribution < 1.29 is 4.74 Å². The molecule has 1 N–H and O–H groups in total. The van der Waals surface area contributed by atoms with Crippen LogP contribution in [0.15, 0.2) is 4.99 Å². The molecule has 0 aromatic carbocycles. The van der Waals surface area contributed by atoms with Gasteiger partial charge in [0, 0.05) is 46.3 Å². The molecule has 2 atom stereocenters. The van der Waals surface area contributed by atoms with Gasteiger partial charge in [-0.1, -0.05) is 6.92 Å². The van der Waals surface area contributed by atoms with Crippen LogP contribution in [0.3, 0.4) is 0 Å². The summed E-state index contributed by atoms with van der Waals surface area (Å²) in [4.78, 5) is 9.28. The minimum absolute atomic E-state index is 0.652. The van der Waals surface area contributed by atoms with Crippen LogP contribution in [0.1, 0.15) is 39.0 Å². The summed E-state index contributed by atoms with van der Waals surface area (Å²) >= 11 is 0. The number of piperidine rings is 1. The molecule has 2 aliphatic rings. The van der Waals surface area contributed by atoms with Crippen LogP contribution in [0.4, 0.5) is 0 Å². The van der Waals surface area contributed by atoms with Gasteiger partial charge in [-0.3, -0.25) is 4.99 Å². The Balaban J connectivity index is 1.56. The molecule has 0 aliphatic carbocycles. The number of likely N-dealkylation sites (tertiary alicyclic amines) is 1. The summed E-state index contributed by atoms with van der Waals surface area (Å²) in [7, 11) is 4.00. The number of hydrogen-bond donors (Lipinski definition) is 1. The average Bonchev–Trinajstić information content (AvgIpc) is 3.03. The van der Waals surface area contributed by atoms with Gasteiger partial charge in [0.25, 0.3) is 0 Å². The molecule has 5 nitrogen and oxygen atoms in total. The Kier molecular flexibility index (Phi) is 8.17. The van der Waals surface area contributed by atoms with Crippen LogP contribution in [0.2, 0.25) is 0 Å². The van der Waals surface area contributed by atoms with E-state index in [4.69, 9.17) is 4.74 Å². The van der Waals surface area contributed by atoms with Gasteiger partial charge in [0.15, 0.2) is 5.96 Å². The molecule has 0 aromatic heterocycles. The summed E-state index contributed by atoms with van der Waals surface area (Å²) in [5, 5.41) is 3.51. The second kappa shape index (κ2) is 10.1. The largest absolute Gasteiger partial charge is 0.381 e. The first-order chi connectivity index (χ1) is 11.2. The van der Waals surface area contributed by atoms with Gasteiger partial charge in [0.2, 0.25) is 0 Å². The predicted molar refractivity (Wildman–Crippen MR) is 97.0 cm³/mol. The molecule has 0 spiro atoms. The monoisotopic (exact) mass is 324 g/mol. The molecule has 0 saturated carbocycles. The molecule has 2 heterocycles. The highest BCUT2D eigenvalue weighted by Crippen LogP contribution is 2.15. The highest BCUT2D eigenvalue weighted by atomic mass is 16.5. The third-order valence-electron chi connectivity index (χ3n) is 5.05. The van der Waals surface area contributed by atoms with Crippen molar-refractivity contribution in [3.05, 3.63) is 0 Å². The molecule has 2 unspecified atom stereocenters. The fraction of sp³-hybridized carbons (Fsp3) is 0.944. The molecule has 2 rings (SSSR count). The number of ether oxygens (including phenoxy) is 1. The van der Waals surface area contributed by atoms with Gasteiger partial charge >= 0.3 is 0 Å². The molecular formula is C18H36N4O. The lowest BCUT2D eigenvalue weighted by atomic mass is 10.0. The molecule has 0 bridgehead atoms. The first-order valence-corrected chi connectivity index (χ1v) is 9.41. The lowest BCUT2D eigenvalue weighted by Crippen LogP contribution is -2.42. The smallest absolute Gasteiger partial charge is 0.193 e. The number of hydrogen-bond acceptors (Lipinski definition) is 3. The molecule has 134 valence electrons. The zero-order valence-corrected chi connectivity index (χ0v) is 15.4. The van der Waals surface area contributed by atoms with Crippen LogP contribution in [-0.4, -0.2) is 75.8 Å². The van der Waals surface area contributed by atoms with E-state index < -0.39 is 0 Å². The van der Waals surface area contributed by atoms with Crippen LogP contribution >= 0.6 is 0 Å². The van der Waals surface area contributed by atoms with Crippen molar-refractivity contribution in [3.8, 4) is 0 Å². The van der Waals surface area contributed by atoms with Crippen LogP contribution in [-0.2, 0) is 4.74 Å². The van der Waals surface area contributed by atoms with Crippen molar-refractivity contribution in [1.82, 2.24) is 15.1 Å². The van der Waals surface area contributed by atoms with Crippen molar-refractivity contribution in [2.45, 2.75) is 39.0 Å². The normalized spacial score (nSPS) is 26.5. The number of aliphatic imine (C=N–C) groups is 1. The van der Waals surface area contributed by atoms with E-state index >= 15 is 0 Å². The second-order valence-corrected chi connectivity index (χ2v) is 7.34. The second-order valence-electron chi connectivity index (χ2n) is 7.34. The Hall–Kier alpha value is -0.810. The summed E-state index contributed by atoms with van der Waals surface area (Å²) in [6.07, 6.45) is 6.45. The van der Waals surface area contributed by atoms with Crippen LogP contribution in [0.5, 0.6) is 0 Å². The zero-order chi connectivity index (χ0) is 16.5. The maximum Gasteiger partial charge on any atom is 0.193 e. The number of guanidine groups is 1. The van der Waals surface area contributed by atoms with Gasteiger partial charge in [-0.25, -0.2) is 0 Å². The van der Waals surface area contributed by atoms with E-state index in [1.807, 2.05) is 7.05 Å². The number of rotatable bonds is 7. The van der Waals surface area contributed by atoms with E-state index in [1.54, 1.807) is 0 Å². The third-order valence-corrected chi connectivity index (χ3v) is 5.05. The van der Waals surface area contributed by atoms with E-state index in [-0.39, 0.29) is 0 Å². The van der Waals surface area contributed by atoms with E-state index in [1.165, 1.54) is 51.7 Å². The molecular weight excluding hydrogens is 288 g/mol. The average molecular weight is 325 g/mol. The lowest BCUT2D eigenvalue weighted by Gasteiger charge is -2.30.